The van der Waals surface area contributed by atoms with Gasteiger partial charge in [-0.2, -0.15) is 15.1 Å². The SMILES string of the molecule is O=P(O)(O)[C@@](CO)(COCc1ccccc1)OC[C@H]1O[C@@H](n2ncc3c(NC4CCCC4)nc(Cl)nc32)C[C@@H]1O. The number of aromatic nitrogens is 4. The zero-order valence-corrected chi connectivity index (χ0v) is 23.3. The number of fused-ring (bicyclic) bond motifs is 1. The average molecular weight is 598 g/mol. The lowest BCUT2D eigenvalue weighted by molar-refractivity contribution is -0.130. The summed E-state index contributed by atoms with van der Waals surface area (Å²) in [5.74, 6) is 0.580. The molecule has 2 aromatic heterocycles. The highest BCUT2D eigenvalue weighted by Crippen LogP contribution is 2.51. The third-order valence-electron chi connectivity index (χ3n) is 7.33. The third kappa shape index (κ3) is 6.33. The van der Waals surface area contributed by atoms with Gasteiger partial charge in [0.1, 0.15) is 11.9 Å². The summed E-state index contributed by atoms with van der Waals surface area (Å²) in [6.07, 6.45) is 3.33. The van der Waals surface area contributed by atoms with Gasteiger partial charge in [0.15, 0.2) is 11.9 Å². The number of benzene rings is 1. The Balaban J connectivity index is 1.27. The number of rotatable bonds is 12. The number of halogens is 1. The molecule has 5 N–H and O–H groups in total. The lowest BCUT2D eigenvalue weighted by atomic mass is 10.2. The molecule has 13 nitrogen and oxygen atoms in total. The Kier molecular flexibility index (Phi) is 9.05. The maximum atomic E-state index is 12.4. The number of nitrogens with one attached hydrogen (secondary N) is 1. The zero-order chi connectivity index (χ0) is 28.3. The number of aliphatic hydroxyl groups excluding tert-OH is 2. The molecular formula is C25H33ClN5O8P. The van der Waals surface area contributed by atoms with Crippen molar-refractivity contribution < 1.29 is 38.8 Å². The summed E-state index contributed by atoms with van der Waals surface area (Å²) in [5.41, 5.74) is 1.21. The first-order chi connectivity index (χ1) is 19.2. The van der Waals surface area contributed by atoms with Gasteiger partial charge < -0.3 is 39.5 Å². The van der Waals surface area contributed by atoms with Gasteiger partial charge in [0.05, 0.1) is 44.1 Å². The van der Waals surface area contributed by atoms with Crippen LogP contribution in [0.4, 0.5) is 5.82 Å². The molecule has 1 aliphatic heterocycles. The summed E-state index contributed by atoms with van der Waals surface area (Å²) < 4.78 is 31.0. The maximum Gasteiger partial charge on any atom is 0.361 e. The smallest absolute Gasteiger partial charge is 0.361 e. The van der Waals surface area contributed by atoms with E-state index >= 15 is 0 Å². The molecule has 1 aromatic carbocycles. The molecule has 2 fully saturated rings. The minimum atomic E-state index is -5.02. The fourth-order valence-electron chi connectivity index (χ4n) is 5.03. The van der Waals surface area contributed by atoms with Crippen LogP contribution in [0.2, 0.25) is 5.28 Å². The van der Waals surface area contributed by atoms with Crippen molar-refractivity contribution in [3.05, 3.63) is 47.4 Å². The molecule has 2 aliphatic rings. The lowest BCUT2D eigenvalue weighted by Gasteiger charge is -2.33. The van der Waals surface area contributed by atoms with Crippen molar-refractivity contribution in [2.24, 2.45) is 0 Å². The molecule has 0 radical (unpaired) electrons. The number of anilines is 1. The van der Waals surface area contributed by atoms with Gasteiger partial charge in [-0.15, -0.1) is 0 Å². The second-order valence-electron chi connectivity index (χ2n) is 10.2. The van der Waals surface area contributed by atoms with Gasteiger partial charge in [0.2, 0.25) is 10.6 Å². The Hall–Kier alpha value is -2.19. The Morgan fingerprint density at radius 3 is 2.65 bits per heavy atom. The van der Waals surface area contributed by atoms with E-state index in [0.29, 0.717) is 22.9 Å². The lowest BCUT2D eigenvalue weighted by Crippen LogP contribution is -2.44. The largest absolute Gasteiger partial charge is 0.393 e. The van der Waals surface area contributed by atoms with Crippen molar-refractivity contribution in [2.75, 3.05) is 25.1 Å². The molecule has 0 unspecified atom stereocenters. The molecule has 1 aliphatic carbocycles. The summed E-state index contributed by atoms with van der Waals surface area (Å²) in [7, 11) is -5.02. The van der Waals surface area contributed by atoms with Gasteiger partial charge in [0, 0.05) is 12.5 Å². The van der Waals surface area contributed by atoms with E-state index in [0.717, 1.165) is 31.2 Å². The number of nitrogens with zero attached hydrogens (tertiary/aromatic N) is 4. The predicted octanol–water partition coefficient (Wildman–Crippen LogP) is 2.58. The minimum absolute atomic E-state index is 0.0399. The van der Waals surface area contributed by atoms with Crippen LogP contribution < -0.4 is 5.32 Å². The van der Waals surface area contributed by atoms with Gasteiger partial charge in [-0.05, 0) is 30.0 Å². The van der Waals surface area contributed by atoms with Gasteiger partial charge in [0.25, 0.3) is 0 Å². The molecule has 40 heavy (non-hydrogen) atoms. The second kappa shape index (κ2) is 12.4. The van der Waals surface area contributed by atoms with Gasteiger partial charge >= 0.3 is 7.60 Å². The van der Waals surface area contributed by atoms with Crippen molar-refractivity contribution in [3.8, 4) is 0 Å². The first-order valence-electron chi connectivity index (χ1n) is 13.1. The van der Waals surface area contributed by atoms with Crippen LogP contribution in [-0.4, -0.2) is 83.2 Å². The average Bonchev–Trinajstić information content (AvgIpc) is 3.66. The van der Waals surface area contributed by atoms with Crippen molar-refractivity contribution >= 4 is 36.0 Å². The van der Waals surface area contributed by atoms with E-state index in [1.807, 2.05) is 18.2 Å². The van der Waals surface area contributed by atoms with E-state index in [9.17, 15) is 24.6 Å². The van der Waals surface area contributed by atoms with E-state index in [1.54, 1.807) is 18.3 Å². The quantitative estimate of drug-likeness (QED) is 0.152. The van der Waals surface area contributed by atoms with Crippen molar-refractivity contribution in [2.45, 2.75) is 68.5 Å². The van der Waals surface area contributed by atoms with Crippen molar-refractivity contribution in [1.82, 2.24) is 19.7 Å². The van der Waals surface area contributed by atoms with Gasteiger partial charge in [-0.3, -0.25) is 4.57 Å². The van der Waals surface area contributed by atoms with Crippen LogP contribution in [0.1, 0.15) is 43.9 Å². The number of hydrogen-bond donors (Lipinski definition) is 5. The van der Waals surface area contributed by atoms with E-state index < -0.39 is 51.2 Å². The third-order valence-corrected chi connectivity index (χ3v) is 8.96. The summed E-state index contributed by atoms with van der Waals surface area (Å²) in [6.45, 7) is -1.94. The van der Waals surface area contributed by atoms with Crippen LogP contribution in [0.15, 0.2) is 36.5 Å². The summed E-state index contributed by atoms with van der Waals surface area (Å²) >= 11 is 6.22. The Labute approximate surface area is 235 Å². The van der Waals surface area contributed by atoms with Crippen molar-refractivity contribution in [1.29, 1.82) is 0 Å². The Morgan fingerprint density at radius 1 is 1.20 bits per heavy atom. The van der Waals surface area contributed by atoms with Gasteiger partial charge in [-0.1, -0.05) is 43.2 Å². The second-order valence-corrected chi connectivity index (χ2v) is 12.4. The molecule has 0 spiro atoms. The van der Waals surface area contributed by atoms with Gasteiger partial charge in [-0.25, -0.2) is 4.68 Å². The minimum Gasteiger partial charge on any atom is -0.393 e. The maximum absolute atomic E-state index is 12.4. The van der Waals surface area contributed by atoms with Crippen LogP contribution in [0.25, 0.3) is 11.0 Å². The highest BCUT2D eigenvalue weighted by molar-refractivity contribution is 7.53. The monoisotopic (exact) mass is 597 g/mol. The van der Waals surface area contributed by atoms with Crippen LogP contribution in [-0.2, 0) is 25.4 Å². The summed E-state index contributed by atoms with van der Waals surface area (Å²) in [6, 6.07) is 9.34. The van der Waals surface area contributed by atoms with E-state index in [2.05, 4.69) is 20.4 Å². The van der Waals surface area contributed by atoms with Crippen LogP contribution in [0, 0.1) is 0 Å². The fraction of sp³-hybridized carbons (Fsp3) is 0.560. The highest BCUT2D eigenvalue weighted by atomic mass is 35.5. The molecule has 3 heterocycles. The highest BCUT2D eigenvalue weighted by Gasteiger charge is 2.50. The van der Waals surface area contributed by atoms with Crippen molar-refractivity contribution in [3.63, 3.8) is 0 Å². The molecule has 0 amide bonds. The van der Waals surface area contributed by atoms with Crippen LogP contribution >= 0.6 is 19.2 Å². The first kappa shape index (κ1) is 29.3. The molecule has 4 atom stereocenters. The molecule has 1 saturated carbocycles. The molecule has 15 heteroatoms. The molecule has 0 bridgehead atoms. The normalized spacial score (nSPS) is 23.6. The van der Waals surface area contributed by atoms with E-state index in [1.165, 1.54) is 4.68 Å². The zero-order valence-electron chi connectivity index (χ0n) is 21.7. The number of hydrogen-bond acceptors (Lipinski definition) is 10. The van der Waals surface area contributed by atoms with E-state index in [-0.39, 0.29) is 18.3 Å². The molecule has 5 rings (SSSR count). The first-order valence-corrected chi connectivity index (χ1v) is 15.1. The van der Waals surface area contributed by atoms with Crippen LogP contribution in [0.5, 0.6) is 0 Å². The summed E-state index contributed by atoms with van der Waals surface area (Å²) in [4.78, 5) is 28.7. The molecule has 3 aromatic rings. The number of ether oxygens (including phenoxy) is 3. The molecule has 218 valence electrons. The van der Waals surface area contributed by atoms with E-state index in [4.69, 9.17) is 25.8 Å². The predicted molar refractivity (Wildman–Crippen MR) is 145 cm³/mol. The molecular weight excluding hydrogens is 565 g/mol. The number of aliphatic hydroxyl groups is 2. The summed E-state index contributed by atoms with van der Waals surface area (Å²) in [5, 5.41) is 26.9. The fourth-order valence-corrected chi connectivity index (χ4v) is 5.88. The topological polar surface area (TPSA) is 181 Å². The Morgan fingerprint density at radius 2 is 1.95 bits per heavy atom. The Bertz CT molecular complexity index is 1340. The van der Waals surface area contributed by atoms with Crippen LogP contribution in [0.3, 0.4) is 0 Å². The standard InChI is InChI=1S/C25H33ClN5O8P/c26-24-29-22(28-17-8-4-5-9-17)18-11-27-31(23(18)30-24)21-10-19(33)20(39-21)13-38-25(14-32,40(34,35)36)15-37-12-16-6-2-1-3-7-16/h1-3,6-7,11,17,19-21,32-33H,4-5,8-10,12-15H2,(H,28,29,30)(H2,34,35,36)/t19-,20+,21+,25-/m0/s1. The molecule has 1 saturated heterocycles.